The second-order valence-electron chi connectivity index (χ2n) is 12.8. The number of carboxylic acid groups (broad SMARTS) is 1. The molecule has 0 fully saturated rings. The highest BCUT2D eigenvalue weighted by Gasteiger charge is 2.35. The van der Waals surface area contributed by atoms with Gasteiger partial charge in [0.2, 0.25) is 35.4 Å². The molecule has 22 heteroatoms. The van der Waals surface area contributed by atoms with Crippen molar-refractivity contribution in [2.75, 3.05) is 26.4 Å². The van der Waals surface area contributed by atoms with Gasteiger partial charge < -0.3 is 74.6 Å². The first-order valence-corrected chi connectivity index (χ1v) is 16.6. The molecule has 0 heterocycles. The fourth-order valence-electron chi connectivity index (χ4n) is 4.46. The van der Waals surface area contributed by atoms with Gasteiger partial charge in [-0.2, -0.15) is 0 Å². The topological polar surface area (TPSA) is 383 Å². The summed E-state index contributed by atoms with van der Waals surface area (Å²) in [7, 11) is 0. The van der Waals surface area contributed by atoms with E-state index in [-0.39, 0.29) is 37.7 Å². The zero-order valence-corrected chi connectivity index (χ0v) is 30.0. The Hall–Kier alpha value is -4.64. The Balaban J connectivity index is 5.84. The van der Waals surface area contributed by atoms with Crippen LogP contribution < -0.4 is 49.1 Å². The molecule has 0 saturated carbocycles. The van der Waals surface area contributed by atoms with Crippen LogP contribution in [0.25, 0.3) is 0 Å². The summed E-state index contributed by atoms with van der Waals surface area (Å²) in [4.78, 5) is 93.0. The number of aliphatic imine (C=N–C) groups is 1. The molecule has 52 heavy (non-hydrogen) atoms. The highest BCUT2D eigenvalue weighted by Crippen LogP contribution is 2.08. The van der Waals surface area contributed by atoms with Crippen molar-refractivity contribution in [3.63, 3.8) is 0 Å². The lowest BCUT2D eigenvalue weighted by Crippen LogP contribution is -2.62. The van der Waals surface area contributed by atoms with E-state index in [0.717, 1.165) is 6.92 Å². The Labute approximate surface area is 301 Å². The standard InChI is InChI=1S/C30H56N10O12/c1-13(2)9-18(29(51)52)36-25(47)19(11-42)37-27(49)21(14(3)4)39-26(48)20(12-43)38-28(50)22(15(5)44)40-24(46)17(7-6-8-34-30(32)33)35-23(45)16(31)10-41/h13-22,41-44H,6-12,31H2,1-5H3,(H,35,45)(H,36,47)(H,37,49)(H,38,50)(H,39,48)(H,40,46)(H,51,52)(H4,32,33,34)/t15-,16+,17+,18+,19+,20+,21+,22+/m1/s1. The summed E-state index contributed by atoms with van der Waals surface area (Å²) in [5, 5.41) is 62.2. The first kappa shape index (κ1) is 47.4. The second-order valence-corrected chi connectivity index (χ2v) is 12.8. The van der Waals surface area contributed by atoms with Gasteiger partial charge >= 0.3 is 5.97 Å². The number of aliphatic hydroxyl groups excluding tert-OH is 4. The second kappa shape index (κ2) is 23.8. The van der Waals surface area contributed by atoms with Gasteiger partial charge in [-0.1, -0.05) is 27.7 Å². The van der Waals surface area contributed by atoms with Crippen LogP contribution in [0.3, 0.4) is 0 Å². The molecule has 6 amide bonds. The largest absolute Gasteiger partial charge is 0.480 e. The number of guanidine groups is 1. The van der Waals surface area contributed by atoms with Crippen molar-refractivity contribution in [1.82, 2.24) is 31.9 Å². The van der Waals surface area contributed by atoms with Crippen molar-refractivity contribution >= 4 is 47.4 Å². The molecule has 22 nitrogen and oxygen atoms in total. The molecule has 298 valence electrons. The van der Waals surface area contributed by atoms with E-state index < -0.39 is 116 Å². The minimum absolute atomic E-state index is 0.0639. The van der Waals surface area contributed by atoms with Crippen LogP contribution >= 0.6 is 0 Å². The summed E-state index contributed by atoms with van der Waals surface area (Å²) >= 11 is 0. The number of nitrogens with two attached hydrogens (primary N) is 3. The molecule has 0 aliphatic rings. The maximum Gasteiger partial charge on any atom is 0.326 e. The first-order valence-electron chi connectivity index (χ1n) is 16.6. The zero-order valence-electron chi connectivity index (χ0n) is 30.0. The lowest BCUT2D eigenvalue weighted by molar-refractivity contribution is -0.143. The summed E-state index contributed by atoms with van der Waals surface area (Å²) in [6.45, 7) is 5.06. The van der Waals surface area contributed by atoms with E-state index in [0.29, 0.717) is 0 Å². The van der Waals surface area contributed by atoms with E-state index in [2.05, 4.69) is 36.9 Å². The van der Waals surface area contributed by atoms with Gasteiger partial charge in [0.25, 0.3) is 0 Å². The van der Waals surface area contributed by atoms with Gasteiger partial charge in [-0.15, -0.1) is 0 Å². The molecule has 0 aromatic heterocycles. The van der Waals surface area contributed by atoms with Crippen LogP contribution in [0.2, 0.25) is 0 Å². The van der Waals surface area contributed by atoms with Gasteiger partial charge in [0.05, 0.1) is 25.9 Å². The number of carboxylic acids is 1. The number of aliphatic hydroxyl groups is 4. The molecule has 17 N–H and O–H groups in total. The van der Waals surface area contributed by atoms with Crippen molar-refractivity contribution in [1.29, 1.82) is 0 Å². The van der Waals surface area contributed by atoms with Crippen LogP contribution in [0.5, 0.6) is 0 Å². The molecule has 0 bridgehead atoms. The number of rotatable bonds is 24. The van der Waals surface area contributed by atoms with E-state index in [4.69, 9.17) is 17.2 Å². The fourth-order valence-corrected chi connectivity index (χ4v) is 4.46. The Morgan fingerprint density at radius 2 is 1.06 bits per heavy atom. The van der Waals surface area contributed by atoms with E-state index >= 15 is 0 Å². The number of carbonyl (C=O) groups is 7. The Morgan fingerprint density at radius 1 is 0.615 bits per heavy atom. The molecule has 0 saturated heterocycles. The number of hydrogen-bond acceptors (Lipinski definition) is 13. The molecule has 0 aromatic carbocycles. The van der Waals surface area contributed by atoms with E-state index in [9.17, 15) is 59.1 Å². The molecule has 0 aromatic rings. The van der Waals surface area contributed by atoms with Crippen molar-refractivity contribution < 1.29 is 59.1 Å². The lowest BCUT2D eigenvalue weighted by Gasteiger charge is -2.28. The molecular formula is C30H56N10O12. The predicted molar refractivity (Wildman–Crippen MR) is 184 cm³/mol. The minimum Gasteiger partial charge on any atom is -0.480 e. The van der Waals surface area contributed by atoms with Gasteiger partial charge in [-0.3, -0.25) is 33.8 Å². The van der Waals surface area contributed by atoms with Crippen molar-refractivity contribution in [2.45, 2.75) is 102 Å². The summed E-state index contributed by atoms with van der Waals surface area (Å²) in [5.41, 5.74) is 16.1. The highest BCUT2D eigenvalue weighted by atomic mass is 16.4. The van der Waals surface area contributed by atoms with Gasteiger partial charge in [0, 0.05) is 6.54 Å². The molecule has 8 atom stereocenters. The number of hydrogen-bond donors (Lipinski definition) is 14. The van der Waals surface area contributed by atoms with Crippen LogP contribution in [-0.2, 0) is 33.6 Å². The maximum atomic E-state index is 13.2. The number of amides is 6. The predicted octanol–water partition coefficient (Wildman–Crippen LogP) is -6.58. The summed E-state index contributed by atoms with van der Waals surface area (Å²) in [6.07, 6.45) is -1.42. The monoisotopic (exact) mass is 748 g/mol. The van der Waals surface area contributed by atoms with Crippen LogP contribution in [0.4, 0.5) is 0 Å². The average molecular weight is 749 g/mol. The fraction of sp³-hybridized carbons (Fsp3) is 0.733. The number of nitrogens with one attached hydrogen (secondary N) is 6. The van der Waals surface area contributed by atoms with Crippen molar-refractivity contribution in [3.8, 4) is 0 Å². The summed E-state index contributed by atoms with van der Waals surface area (Å²) < 4.78 is 0. The van der Waals surface area contributed by atoms with E-state index in [1.54, 1.807) is 13.8 Å². The van der Waals surface area contributed by atoms with Gasteiger partial charge in [0.1, 0.15) is 42.3 Å². The number of carbonyl (C=O) groups excluding carboxylic acids is 6. The third-order valence-electron chi connectivity index (χ3n) is 7.37. The third-order valence-corrected chi connectivity index (χ3v) is 7.37. The number of nitrogens with zero attached hydrogens (tertiary/aromatic N) is 1. The van der Waals surface area contributed by atoms with Crippen molar-refractivity contribution in [3.05, 3.63) is 0 Å². The summed E-state index contributed by atoms with van der Waals surface area (Å²) in [6, 6.07) is -10.5. The molecule has 0 rings (SSSR count). The summed E-state index contributed by atoms with van der Waals surface area (Å²) in [5.74, 6) is -8.34. The molecule has 0 aliphatic heterocycles. The third kappa shape index (κ3) is 17.0. The molecular weight excluding hydrogens is 692 g/mol. The minimum atomic E-state index is -1.74. The quantitative estimate of drug-likeness (QED) is 0.0248. The smallest absolute Gasteiger partial charge is 0.326 e. The highest BCUT2D eigenvalue weighted by molar-refractivity contribution is 5.97. The lowest BCUT2D eigenvalue weighted by atomic mass is 10.0. The maximum absolute atomic E-state index is 13.2. The molecule has 0 radical (unpaired) electrons. The van der Waals surface area contributed by atoms with E-state index in [1.165, 1.54) is 13.8 Å². The average Bonchev–Trinajstić information content (AvgIpc) is 3.06. The Morgan fingerprint density at radius 3 is 1.48 bits per heavy atom. The van der Waals surface area contributed by atoms with Gasteiger partial charge in [0.15, 0.2) is 5.96 Å². The van der Waals surface area contributed by atoms with Crippen LogP contribution in [0, 0.1) is 11.8 Å². The van der Waals surface area contributed by atoms with Gasteiger partial charge in [-0.25, -0.2) is 4.79 Å². The van der Waals surface area contributed by atoms with Gasteiger partial charge in [-0.05, 0) is 38.0 Å². The van der Waals surface area contributed by atoms with Crippen LogP contribution in [-0.4, -0.2) is 148 Å². The molecule has 0 aliphatic carbocycles. The number of aliphatic carboxylic acids is 1. The SMILES string of the molecule is CC(C)C[C@H](NC(=O)[C@H](CO)NC(=O)[C@@H](NC(=O)[C@H](CO)NC(=O)[C@@H](NC(=O)[C@H](CCCN=C(N)N)NC(=O)[C@@H](N)CO)[C@@H](C)O)C(C)C)C(=O)O. The molecule has 0 unspecified atom stereocenters. The molecule has 0 spiro atoms. The van der Waals surface area contributed by atoms with Crippen molar-refractivity contribution in [2.24, 2.45) is 34.0 Å². The normalized spacial score (nSPS) is 15.8. The Kier molecular flexibility index (Phi) is 21.6. The Bertz CT molecular complexity index is 1250. The zero-order chi connectivity index (χ0) is 40.3. The van der Waals surface area contributed by atoms with E-state index in [1.807, 2.05) is 0 Å². The van der Waals surface area contributed by atoms with Crippen LogP contribution in [0.15, 0.2) is 4.99 Å². The first-order chi connectivity index (χ1) is 24.2. The van der Waals surface area contributed by atoms with Crippen LogP contribution in [0.1, 0.15) is 53.9 Å².